The summed E-state index contributed by atoms with van der Waals surface area (Å²) in [4.78, 5) is 12.7. The summed E-state index contributed by atoms with van der Waals surface area (Å²) in [6, 6.07) is 5.68. The van der Waals surface area contributed by atoms with Crippen molar-refractivity contribution in [3.05, 3.63) is 34.9 Å². The Morgan fingerprint density at radius 1 is 1.44 bits per heavy atom. The third-order valence-corrected chi connectivity index (χ3v) is 2.96. The summed E-state index contributed by atoms with van der Waals surface area (Å²) in [5, 5.41) is 9.15. The van der Waals surface area contributed by atoms with E-state index in [1.165, 1.54) is 6.08 Å². The molecule has 0 fully saturated rings. The third-order valence-electron chi connectivity index (χ3n) is 2.63. The molecule has 1 rings (SSSR count). The quantitative estimate of drug-likeness (QED) is 0.800. The molecule has 0 aliphatic rings. The van der Waals surface area contributed by atoms with E-state index in [1.807, 2.05) is 18.2 Å². The normalized spacial score (nSPS) is 10.8. The predicted molar refractivity (Wildman–Crippen MR) is 76.3 cm³/mol. The first-order chi connectivity index (χ1) is 8.58. The first kappa shape index (κ1) is 14.6. The van der Waals surface area contributed by atoms with Crippen LogP contribution in [-0.2, 0) is 4.79 Å². The van der Waals surface area contributed by atoms with Crippen molar-refractivity contribution in [1.29, 1.82) is 0 Å². The molecular formula is C14H18ClNO2. The molecule has 0 saturated carbocycles. The summed E-state index contributed by atoms with van der Waals surface area (Å²) in [5.74, 6) is -0.976. The number of hydrogen-bond donors (Lipinski definition) is 1. The van der Waals surface area contributed by atoms with Gasteiger partial charge in [0.2, 0.25) is 0 Å². The van der Waals surface area contributed by atoms with Crippen LogP contribution in [0, 0.1) is 0 Å². The summed E-state index contributed by atoms with van der Waals surface area (Å²) in [6.07, 6.45) is 3.67. The number of anilines is 1. The van der Waals surface area contributed by atoms with Crippen LogP contribution in [0.5, 0.6) is 0 Å². The van der Waals surface area contributed by atoms with Crippen molar-refractivity contribution in [2.24, 2.45) is 0 Å². The molecule has 0 aliphatic heterocycles. The highest BCUT2D eigenvalue weighted by Crippen LogP contribution is 2.24. The summed E-state index contributed by atoms with van der Waals surface area (Å²) < 4.78 is 0. The lowest BCUT2D eigenvalue weighted by Gasteiger charge is -2.22. The number of aliphatic carboxylic acids is 1. The Hall–Kier alpha value is -1.48. The number of carbonyl (C=O) groups is 1. The number of rotatable bonds is 6. The van der Waals surface area contributed by atoms with Crippen molar-refractivity contribution in [3.8, 4) is 0 Å². The van der Waals surface area contributed by atoms with Crippen molar-refractivity contribution < 1.29 is 9.90 Å². The van der Waals surface area contributed by atoms with Crippen molar-refractivity contribution in [2.75, 3.05) is 18.0 Å². The Balaban J connectivity index is 2.94. The number of hydrogen-bond acceptors (Lipinski definition) is 2. The minimum atomic E-state index is -0.976. The van der Waals surface area contributed by atoms with Gasteiger partial charge in [-0.15, -0.1) is 0 Å². The first-order valence-corrected chi connectivity index (χ1v) is 6.41. The van der Waals surface area contributed by atoms with Crippen LogP contribution in [0.25, 0.3) is 6.08 Å². The van der Waals surface area contributed by atoms with Gasteiger partial charge in [0.15, 0.2) is 0 Å². The van der Waals surface area contributed by atoms with Gasteiger partial charge < -0.3 is 10.0 Å². The van der Waals surface area contributed by atoms with Gasteiger partial charge in [-0.1, -0.05) is 24.6 Å². The van der Waals surface area contributed by atoms with Gasteiger partial charge in [-0.25, -0.2) is 4.79 Å². The highest BCUT2D eigenvalue weighted by atomic mass is 35.5. The van der Waals surface area contributed by atoms with Gasteiger partial charge in [0, 0.05) is 29.9 Å². The molecule has 0 aromatic heterocycles. The Bertz CT molecular complexity index is 443. The fraction of sp³-hybridized carbons (Fsp3) is 0.357. The average molecular weight is 268 g/mol. The molecule has 1 aromatic carbocycles. The molecule has 0 amide bonds. The molecule has 0 aliphatic carbocycles. The lowest BCUT2D eigenvalue weighted by atomic mass is 10.1. The van der Waals surface area contributed by atoms with Gasteiger partial charge in [-0.05, 0) is 37.1 Å². The van der Waals surface area contributed by atoms with E-state index in [4.69, 9.17) is 16.7 Å². The molecule has 0 heterocycles. The zero-order chi connectivity index (χ0) is 13.5. The van der Waals surface area contributed by atoms with Crippen LogP contribution in [0.2, 0.25) is 5.02 Å². The van der Waals surface area contributed by atoms with E-state index in [9.17, 15) is 4.79 Å². The van der Waals surface area contributed by atoms with Crippen LogP contribution < -0.4 is 4.90 Å². The van der Waals surface area contributed by atoms with Gasteiger partial charge in [0.25, 0.3) is 0 Å². The molecule has 18 heavy (non-hydrogen) atoms. The molecule has 3 nitrogen and oxygen atoms in total. The van der Waals surface area contributed by atoms with E-state index in [0.717, 1.165) is 36.8 Å². The SMILES string of the molecule is CCCN(CC)c1ccc(/C=C/C(=O)O)c(Cl)c1. The Morgan fingerprint density at radius 2 is 2.17 bits per heavy atom. The van der Waals surface area contributed by atoms with Gasteiger partial charge in [0.1, 0.15) is 0 Å². The van der Waals surface area contributed by atoms with Crippen LogP contribution in [-0.4, -0.2) is 24.2 Å². The molecule has 1 N–H and O–H groups in total. The van der Waals surface area contributed by atoms with Gasteiger partial charge >= 0.3 is 5.97 Å². The standard InChI is InChI=1S/C14H18ClNO2/c1-3-9-16(4-2)12-7-5-11(13(15)10-12)6-8-14(17)18/h5-8,10H,3-4,9H2,1-2H3,(H,17,18)/b8-6+. The van der Waals surface area contributed by atoms with Crippen molar-refractivity contribution in [3.63, 3.8) is 0 Å². The maximum absolute atomic E-state index is 10.5. The number of carboxylic acid groups (broad SMARTS) is 1. The lowest BCUT2D eigenvalue weighted by Crippen LogP contribution is -2.23. The van der Waals surface area contributed by atoms with Crippen molar-refractivity contribution in [1.82, 2.24) is 0 Å². The number of benzene rings is 1. The van der Waals surface area contributed by atoms with Gasteiger partial charge in [-0.3, -0.25) is 0 Å². The fourth-order valence-corrected chi connectivity index (χ4v) is 1.99. The number of nitrogens with zero attached hydrogens (tertiary/aromatic N) is 1. The maximum atomic E-state index is 10.5. The first-order valence-electron chi connectivity index (χ1n) is 6.04. The molecule has 0 atom stereocenters. The van der Waals surface area contributed by atoms with Crippen molar-refractivity contribution in [2.45, 2.75) is 20.3 Å². The van der Waals surface area contributed by atoms with Gasteiger partial charge in [0.05, 0.1) is 0 Å². The molecule has 98 valence electrons. The minimum absolute atomic E-state index is 0.569. The second-order valence-corrected chi connectivity index (χ2v) is 4.36. The van der Waals surface area contributed by atoms with Crippen LogP contribution >= 0.6 is 11.6 Å². The van der Waals surface area contributed by atoms with Gasteiger partial charge in [-0.2, -0.15) is 0 Å². The molecule has 0 unspecified atom stereocenters. The highest BCUT2D eigenvalue weighted by molar-refractivity contribution is 6.32. The van der Waals surface area contributed by atoms with Crippen molar-refractivity contribution >= 4 is 29.3 Å². The molecule has 0 spiro atoms. The van der Waals surface area contributed by atoms with Crippen LogP contribution in [0.1, 0.15) is 25.8 Å². The topological polar surface area (TPSA) is 40.5 Å². The fourth-order valence-electron chi connectivity index (χ4n) is 1.75. The minimum Gasteiger partial charge on any atom is -0.478 e. The molecule has 4 heteroatoms. The zero-order valence-corrected chi connectivity index (χ0v) is 11.4. The number of carboxylic acids is 1. The van der Waals surface area contributed by atoms with E-state index in [1.54, 1.807) is 0 Å². The van der Waals surface area contributed by atoms with Crippen LogP contribution in [0.3, 0.4) is 0 Å². The van der Waals surface area contributed by atoms with Crippen LogP contribution in [0.15, 0.2) is 24.3 Å². The molecule has 0 bridgehead atoms. The van der Waals surface area contributed by atoms with Crippen LogP contribution in [0.4, 0.5) is 5.69 Å². The average Bonchev–Trinajstić information content (AvgIpc) is 2.34. The second kappa shape index (κ2) is 7.07. The Kier molecular flexibility index (Phi) is 5.72. The summed E-state index contributed by atoms with van der Waals surface area (Å²) >= 11 is 6.14. The van der Waals surface area contributed by atoms with E-state index >= 15 is 0 Å². The lowest BCUT2D eigenvalue weighted by molar-refractivity contribution is -0.131. The second-order valence-electron chi connectivity index (χ2n) is 3.96. The Labute approximate surface area is 113 Å². The summed E-state index contributed by atoms with van der Waals surface area (Å²) in [6.45, 7) is 6.14. The summed E-state index contributed by atoms with van der Waals surface area (Å²) in [5.41, 5.74) is 1.78. The monoisotopic (exact) mass is 267 g/mol. The predicted octanol–water partition coefficient (Wildman–Crippen LogP) is 3.67. The van der Waals surface area contributed by atoms with E-state index in [-0.39, 0.29) is 0 Å². The molecule has 0 radical (unpaired) electrons. The molecule has 0 saturated heterocycles. The largest absolute Gasteiger partial charge is 0.478 e. The van der Waals surface area contributed by atoms with E-state index < -0.39 is 5.97 Å². The summed E-state index contributed by atoms with van der Waals surface area (Å²) in [7, 11) is 0. The molecular weight excluding hydrogens is 250 g/mol. The zero-order valence-electron chi connectivity index (χ0n) is 10.7. The number of halogens is 1. The third kappa shape index (κ3) is 4.08. The Morgan fingerprint density at radius 3 is 2.67 bits per heavy atom. The van der Waals surface area contributed by atoms with E-state index in [2.05, 4.69) is 18.7 Å². The highest BCUT2D eigenvalue weighted by Gasteiger charge is 2.05. The molecule has 1 aromatic rings. The van der Waals surface area contributed by atoms with E-state index in [0.29, 0.717) is 5.02 Å². The smallest absolute Gasteiger partial charge is 0.328 e. The maximum Gasteiger partial charge on any atom is 0.328 e.